The van der Waals surface area contributed by atoms with Crippen LogP contribution in [0.1, 0.15) is 34.3 Å². The number of hydrogen-bond acceptors (Lipinski definition) is 4. The Hall–Kier alpha value is -3.71. The average Bonchev–Trinajstić information content (AvgIpc) is 2.80. The molecule has 32 heavy (non-hydrogen) atoms. The Morgan fingerprint density at radius 1 is 0.875 bits per heavy atom. The Morgan fingerprint density at radius 2 is 1.56 bits per heavy atom. The third kappa shape index (κ3) is 6.39. The van der Waals surface area contributed by atoms with Gasteiger partial charge in [-0.2, -0.15) is 0 Å². The second-order valence-electron chi connectivity index (χ2n) is 7.70. The van der Waals surface area contributed by atoms with Crippen molar-refractivity contribution in [2.75, 3.05) is 6.54 Å². The van der Waals surface area contributed by atoms with Crippen LogP contribution < -0.4 is 22.1 Å². The minimum absolute atomic E-state index is 0.175. The maximum Gasteiger partial charge on any atom is 0.251 e. The first-order valence-electron chi connectivity index (χ1n) is 10.6. The normalized spacial score (nSPS) is 11.7. The summed E-state index contributed by atoms with van der Waals surface area (Å²) < 4.78 is 0. The number of carbonyl (C=O) groups excluding carboxylic acids is 3. The average molecular weight is 433 g/mol. The van der Waals surface area contributed by atoms with Crippen LogP contribution in [0.3, 0.4) is 0 Å². The monoisotopic (exact) mass is 432 g/mol. The molecule has 0 bridgehead atoms. The van der Waals surface area contributed by atoms with Crippen molar-refractivity contribution in [2.24, 2.45) is 11.5 Å². The Labute approximate surface area is 187 Å². The first kappa shape index (κ1) is 23.0. The predicted molar refractivity (Wildman–Crippen MR) is 125 cm³/mol. The molecule has 0 unspecified atom stereocenters. The van der Waals surface area contributed by atoms with Gasteiger partial charge in [0.05, 0.1) is 6.42 Å². The molecule has 0 aliphatic carbocycles. The molecular weight excluding hydrogens is 404 g/mol. The van der Waals surface area contributed by atoms with Gasteiger partial charge in [0.1, 0.15) is 6.04 Å². The number of carbonyl (C=O) groups is 3. The zero-order chi connectivity index (χ0) is 22.9. The molecule has 1 atom stereocenters. The summed E-state index contributed by atoms with van der Waals surface area (Å²) in [5.74, 6) is -0.964. The molecule has 0 spiro atoms. The van der Waals surface area contributed by atoms with Crippen molar-refractivity contribution in [3.8, 4) is 0 Å². The maximum atomic E-state index is 12.8. The number of primary amides is 1. The molecule has 6 N–H and O–H groups in total. The Balaban J connectivity index is 1.63. The zero-order valence-corrected chi connectivity index (χ0v) is 17.8. The van der Waals surface area contributed by atoms with Gasteiger partial charge >= 0.3 is 0 Å². The fraction of sp³-hybridized carbons (Fsp3) is 0.240. The molecule has 0 saturated heterocycles. The third-order valence-electron chi connectivity index (χ3n) is 5.20. The van der Waals surface area contributed by atoms with Crippen molar-refractivity contribution in [1.29, 1.82) is 0 Å². The summed E-state index contributed by atoms with van der Waals surface area (Å²) in [5.41, 5.74) is 13.0. The van der Waals surface area contributed by atoms with Gasteiger partial charge in [-0.05, 0) is 53.4 Å². The molecule has 3 aromatic carbocycles. The highest BCUT2D eigenvalue weighted by Gasteiger charge is 2.21. The van der Waals surface area contributed by atoms with Gasteiger partial charge in [0, 0.05) is 12.1 Å². The largest absolute Gasteiger partial charge is 0.369 e. The molecule has 0 radical (unpaired) electrons. The van der Waals surface area contributed by atoms with E-state index >= 15 is 0 Å². The van der Waals surface area contributed by atoms with Crippen LogP contribution in [0, 0.1) is 0 Å². The number of hydrogen-bond donors (Lipinski definition) is 4. The van der Waals surface area contributed by atoms with E-state index in [0.29, 0.717) is 31.5 Å². The highest BCUT2D eigenvalue weighted by Crippen LogP contribution is 2.16. The molecule has 3 amide bonds. The summed E-state index contributed by atoms with van der Waals surface area (Å²) in [5, 5.41) is 7.72. The minimum atomic E-state index is -0.688. The quantitative estimate of drug-likeness (QED) is 0.391. The highest BCUT2D eigenvalue weighted by atomic mass is 16.2. The number of nitrogens with two attached hydrogens (primary N) is 2. The van der Waals surface area contributed by atoms with E-state index in [0.717, 1.165) is 21.9 Å². The van der Waals surface area contributed by atoms with Gasteiger partial charge in [-0.3, -0.25) is 14.4 Å². The van der Waals surface area contributed by atoms with Crippen LogP contribution in [-0.4, -0.2) is 30.3 Å². The summed E-state index contributed by atoms with van der Waals surface area (Å²) in [6, 6.07) is 19.8. The van der Waals surface area contributed by atoms with Crippen LogP contribution in [0.5, 0.6) is 0 Å². The standard InChI is InChI=1S/C25H28N4O3/c26-13-3-6-22(25(32)28-16-18-9-7-17(8-10-18)14-23(27)30)29-24(31)21-12-11-19-4-1-2-5-20(19)15-21/h1-2,4-5,7-12,15,22H,3,6,13-14,16,26H2,(H2,27,30)(H,28,32)(H,29,31)/t22-/m1/s1. The predicted octanol–water partition coefficient (Wildman–Crippen LogP) is 2.02. The maximum absolute atomic E-state index is 12.8. The van der Waals surface area contributed by atoms with Crippen molar-refractivity contribution in [1.82, 2.24) is 10.6 Å². The zero-order valence-electron chi connectivity index (χ0n) is 17.8. The summed E-state index contributed by atoms with van der Waals surface area (Å²) in [6.07, 6.45) is 1.23. The van der Waals surface area contributed by atoms with Crippen molar-refractivity contribution < 1.29 is 14.4 Å². The van der Waals surface area contributed by atoms with Crippen LogP contribution >= 0.6 is 0 Å². The van der Waals surface area contributed by atoms with Gasteiger partial charge in [0.25, 0.3) is 5.91 Å². The van der Waals surface area contributed by atoms with Crippen molar-refractivity contribution in [3.63, 3.8) is 0 Å². The van der Waals surface area contributed by atoms with E-state index in [4.69, 9.17) is 11.5 Å². The van der Waals surface area contributed by atoms with Gasteiger partial charge in [-0.15, -0.1) is 0 Å². The molecule has 3 rings (SSSR count). The fourth-order valence-corrected chi connectivity index (χ4v) is 3.45. The highest BCUT2D eigenvalue weighted by molar-refractivity contribution is 6.00. The number of rotatable bonds is 10. The lowest BCUT2D eigenvalue weighted by Crippen LogP contribution is -2.46. The van der Waals surface area contributed by atoms with Crippen LogP contribution in [0.2, 0.25) is 0 Å². The van der Waals surface area contributed by atoms with E-state index < -0.39 is 11.9 Å². The lowest BCUT2D eigenvalue weighted by atomic mass is 10.1. The van der Waals surface area contributed by atoms with Crippen molar-refractivity contribution in [2.45, 2.75) is 31.8 Å². The van der Waals surface area contributed by atoms with Crippen LogP contribution in [0.4, 0.5) is 0 Å². The van der Waals surface area contributed by atoms with Gasteiger partial charge in [-0.25, -0.2) is 0 Å². The molecular formula is C25H28N4O3. The summed E-state index contributed by atoms with van der Waals surface area (Å²) in [4.78, 5) is 36.6. The van der Waals surface area contributed by atoms with Gasteiger partial charge in [0.2, 0.25) is 11.8 Å². The molecule has 0 aromatic heterocycles. The van der Waals surface area contributed by atoms with Gasteiger partial charge in [0.15, 0.2) is 0 Å². The van der Waals surface area contributed by atoms with Gasteiger partial charge < -0.3 is 22.1 Å². The van der Waals surface area contributed by atoms with E-state index in [-0.39, 0.29) is 18.2 Å². The second kappa shape index (κ2) is 11.1. The summed E-state index contributed by atoms with van der Waals surface area (Å²) >= 11 is 0. The lowest BCUT2D eigenvalue weighted by Gasteiger charge is -2.18. The third-order valence-corrected chi connectivity index (χ3v) is 5.20. The molecule has 0 aliphatic rings. The topological polar surface area (TPSA) is 127 Å². The SMILES string of the molecule is NCCC[C@@H](NC(=O)c1ccc2ccccc2c1)C(=O)NCc1ccc(CC(N)=O)cc1. The molecule has 0 aliphatic heterocycles. The van der Waals surface area contributed by atoms with Crippen LogP contribution in [0.15, 0.2) is 66.7 Å². The molecule has 0 saturated carbocycles. The van der Waals surface area contributed by atoms with E-state index in [9.17, 15) is 14.4 Å². The molecule has 166 valence electrons. The Bertz CT molecular complexity index is 1100. The van der Waals surface area contributed by atoms with E-state index in [1.54, 1.807) is 18.2 Å². The van der Waals surface area contributed by atoms with Crippen molar-refractivity contribution >= 4 is 28.5 Å². The minimum Gasteiger partial charge on any atom is -0.369 e. The van der Waals surface area contributed by atoms with Crippen LogP contribution in [0.25, 0.3) is 10.8 Å². The molecule has 7 nitrogen and oxygen atoms in total. The van der Waals surface area contributed by atoms with E-state index in [1.165, 1.54) is 0 Å². The van der Waals surface area contributed by atoms with Gasteiger partial charge in [-0.1, -0.05) is 54.6 Å². The smallest absolute Gasteiger partial charge is 0.251 e. The second-order valence-corrected chi connectivity index (χ2v) is 7.70. The van der Waals surface area contributed by atoms with Crippen LogP contribution in [-0.2, 0) is 22.6 Å². The van der Waals surface area contributed by atoms with E-state index in [1.807, 2.05) is 48.5 Å². The Morgan fingerprint density at radius 3 is 2.25 bits per heavy atom. The van der Waals surface area contributed by atoms with E-state index in [2.05, 4.69) is 10.6 Å². The number of fused-ring (bicyclic) bond motifs is 1. The number of amides is 3. The first-order chi connectivity index (χ1) is 15.5. The summed E-state index contributed by atoms with van der Waals surface area (Å²) in [7, 11) is 0. The Kier molecular flexibility index (Phi) is 7.94. The first-order valence-corrected chi connectivity index (χ1v) is 10.6. The lowest BCUT2D eigenvalue weighted by molar-refractivity contribution is -0.123. The van der Waals surface area contributed by atoms with Crippen molar-refractivity contribution in [3.05, 3.63) is 83.4 Å². The molecule has 0 heterocycles. The number of benzene rings is 3. The molecule has 3 aromatic rings. The fourth-order valence-electron chi connectivity index (χ4n) is 3.45. The molecule has 7 heteroatoms. The number of nitrogens with one attached hydrogen (secondary N) is 2. The molecule has 0 fully saturated rings. The summed E-state index contributed by atoms with van der Waals surface area (Å²) in [6.45, 7) is 0.734.